The van der Waals surface area contributed by atoms with Crippen LogP contribution >= 0.6 is 0 Å². The molecule has 0 amide bonds. The lowest BCUT2D eigenvalue weighted by Gasteiger charge is -2.29. The number of methoxy groups -OCH3 is 2. The topological polar surface area (TPSA) is 24.9 Å². The maximum atomic E-state index is 5.62. The molecule has 4 heteroatoms. The van der Waals surface area contributed by atoms with Crippen LogP contribution < -0.4 is 19.3 Å². The van der Waals surface area contributed by atoms with E-state index in [1.165, 1.54) is 54.2 Å². The summed E-state index contributed by atoms with van der Waals surface area (Å²) in [6.45, 7) is 0. The van der Waals surface area contributed by atoms with E-state index in [9.17, 15) is 0 Å². The van der Waals surface area contributed by atoms with Crippen LogP contribution in [0.1, 0.15) is 0 Å². The Kier molecular flexibility index (Phi) is 9.95. The number of anilines is 6. The maximum absolute atomic E-state index is 5.62. The molecule has 0 heterocycles. The van der Waals surface area contributed by atoms with Crippen molar-refractivity contribution < 1.29 is 9.47 Å². The van der Waals surface area contributed by atoms with Crippen molar-refractivity contribution in [1.29, 1.82) is 0 Å². The van der Waals surface area contributed by atoms with Crippen molar-refractivity contribution in [2.45, 2.75) is 0 Å². The highest BCUT2D eigenvalue weighted by Gasteiger charge is 2.23. The monoisotopic (exact) mass is 824 g/mol. The molecule has 0 unspecified atom stereocenters. The molecule has 11 aromatic carbocycles. The average molecular weight is 825 g/mol. The van der Waals surface area contributed by atoms with E-state index in [0.29, 0.717) is 0 Å². The summed E-state index contributed by atoms with van der Waals surface area (Å²) in [4.78, 5) is 4.75. The molecular weight excluding hydrogens is 781 g/mol. The van der Waals surface area contributed by atoms with E-state index in [1.807, 2.05) is 24.3 Å². The van der Waals surface area contributed by atoms with Gasteiger partial charge in [-0.2, -0.15) is 0 Å². The van der Waals surface area contributed by atoms with Crippen molar-refractivity contribution in [3.8, 4) is 33.8 Å². The van der Waals surface area contributed by atoms with Gasteiger partial charge < -0.3 is 19.3 Å². The second kappa shape index (κ2) is 16.5. The lowest BCUT2D eigenvalue weighted by molar-refractivity contribution is 0.414. The fraction of sp³-hybridized carbons (Fsp3) is 0.0333. The summed E-state index contributed by atoms with van der Waals surface area (Å²) in [6.07, 6.45) is 0. The van der Waals surface area contributed by atoms with Crippen LogP contribution in [0, 0.1) is 0 Å². The third-order valence-corrected chi connectivity index (χ3v) is 12.4. The van der Waals surface area contributed by atoms with Crippen molar-refractivity contribution in [1.82, 2.24) is 0 Å². The minimum Gasteiger partial charge on any atom is -0.497 e. The van der Waals surface area contributed by atoms with Gasteiger partial charge in [0.05, 0.1) is 25.6 Å². The van der Waals surface area contributed by atoms with Crippen molar-refractivity contribution in [2.24, 2.45) is 0 Å². The maximum Gasteiger partial charge on any atom is 0.119 e. The van der Waals surface area contributed by atoms with Crippen LogP contribution in [0.3, 0.4) is 0 Å². The van der Waals surface area contributed by atoms with Gasteiger partial charge in [0.2, 0.25) is 0 Å². The molecule has 11 aromatic rings. The van der Waals surface area contributed by atoms with E-state index < -0.39 is 0 Å². The molecule has 0 aliphatic carbocycles. The Morgan fingerprint density at radius 1 is 0.281 bits per heavy atom. The predicted molar refractivity (Wildman–Crippen MR) is 270 cm³/mol. The molecule has 0 atom stereocenters. The highest BCUT2D eigenvalue weighted by atomic mass is 16.5. The van der Waals surface area contributed by atoms with Crippen LogP contribution in [-0.4, -0.2) is 14.2 Å². The quantitative estimate of drug-likeness (QED) is 0.128. The molecule has 0 saturated carbocycles. The van der Waals surface area contributed by atoms with Gasteiger partial charge in [-0.15, -0.1) is 0 Å². The Balaban J connectivity index is 1.22. The first kappa shape index (κ1) is 38.6. The molecule has 0 N–H and O–H groups in total. The minimum atomic E-state index is 0.816. The van der Waals surface area contributed by atoms with Gasteiger partial charge in [-0.3, -0.25) is 0 Å². The summed E-state index contributed by atoms with van der Waals surface area (Å²) >= 11 is 0. The van der Waals surface area contributed by atoms with Crippen LogP contribution in [-0.2, 0) is 0 Å². The zero-order valence-electron chi connectivity index (χ0n) is 35.7. The van der Waals surface area contributed by atoms with Gasteiger partial charge in [0, 0.05) is 33.5 Å². The first-order valence-corrected chi connectivity index (χ1v) is 21.6. The van der Waals surface area contributed by atoms with E-state index in [1.54, 1.807) is 14.2 Å². The summed E-state index contributed by atoms with van der Waals surface area (Å²) in [7, 11) is 3.42. The van der Waals surface area contributed by atoms with Crippen molar-refractivity contribution >= 4 is 77.2 Å². The summed E-state index contributed by atoms with van der Waals surface area (Å²) < 4.78 is 11.2. The Hall–Kier alpha value is -8.34. The summed E-state index contributed by atoms with van der Waals surface area (Å²) in [6, 6.07) is 82.8. The zero-order chi connectivity index (χ0) is 43.0. The highest BCUT2D eigenvalue weighted by molar-refractivity contribution is 6.23. The zero-order valence-corrected chi connectivity index (χ0v) is 35.7. The first-order chi connectivity index (χ1) is 31.7. The molecule has 4 nitrogen and oxygen atoms in total. The Morgan fingerprint density at radius 3 is 1.05 bits per heavy atom. The number of benzene rings is 11. The van der Waals surface area contributed by atoms with E-state index in [2.05, 4.69) is 216 Å². The number of fused-ring (bicyclic) bond motifs is 4. The number of hydrogen-bond acceptors (Lipinski definition) is 4. The molecule has 0 bridgehead atoms. The fourth-order valence-corrected chi connectivity index (χ4v) is 9.44. The van der Waals surface area contributed by atoms with Crippen LogP contribution in [0.5, 0.6) is 11.5 Å². The number of rotatable bonds is 10. The fourth-order valence-electron chi connectivity index (χ4n) is 9.44. The minimum absolute atomic E-state index is 0.816. The van der Waals surface area contributed by atoms with Crippen LogP contribution in [0.2, 0.25) is 0 Å². The largest absolute Gasteiger partial charge is 0.497 e. The average Bonchev–Trinajstić information content (AvgIpc) is 3.37. The molecule has 0 radical (unpaired) electrons. The van der Waals surface area contributed by atoms with Crippen molar-refractivity contribution in [3.05, 3.63) is 231 Å². The van der Waals surface area contributed by atoms with E-state index >= 15 is 0 Å². The third-order valence-electron chi connectivity index (χ3n) is 12.4. The Bertz CT molecular complexity index is 3210. The Labute approximate surface area is 373 Å². The SMILES string of the molecule is COc1ccc(N(c2ccc3c(-c4ccccc4)c4cc(N(c5ccc(OC)cc5)c5cccc6ccccc56)ccc4c(-c4ccccc4)c3c2)c2cccc3ccccc23)cc1. The highest BCUT2D eigenvalue weighted by Crippen LogP contribution is 2.49. The second-order valence-electron chi connectivity index (χ2n) is 16.0. The van der Waals surface area contributed by atoms with Crippen LogP contribution in [0.25, 0.3) is 65.3 Å². The van der Waals surface area contributed by atoms with Gasteiger partial charge in [-0.25, -0.2) is 0 Å². The molecule has 0 saturated heterocycles. The molecular formula is C60H44N2O2. The van der Waals surface area contributed by atoms with Gasteiger partial charge >= 0.3 is 0 Å². The molecule has 306 valence electrons. The van der Waals surface area contributed by atoms with Gasteiger partial charge in [0.1, 0.15) is 11.5 Å². The molecule has 0 aliphatic rings. The smallest absolute Gasteiger partial charge is 0.119 e. The number of hydrogen-bond donors (Lipinski definition) is 0. The summed E-state index contributed by atoms with van der Waals surface area (Å²) in [5, 5.41) is 9.40. The van der Waals surface area contributed by atoms with E-state index in [0.717, 1.165) is 56.8 Å². The molecule has 0 fully saturated rings. The van der Waals surface area contributed by atoms with Gasteiger partial charge in [0.15, 0.2) is 0 Å². The second-order valence-corrected chi connectivity index (χ2v) is 16.0. The van der Waals surface area contributed by atoms with Crippen molar-refractivity contribution in [2.75, 3.05) is 24.0 Å². The van der Waals surface area contributed by atoms with Crippen LogP contribution in [0.15, 0.2) is 231 Å². The van der Waals surface area contributed by atoms with Gasteiger partial charge in [0.25, 0.3) is 0 Å². The third kappa shape index (κ3) is 6.82. The first-order valence-electron chi connectivity index (χ1n) is 21.6. The van der Waals surface area contributed by atoms with E-state index in [-0.39, 0.29) is 0 Å². The van der Waals surface area contributed by atoms with Crippen molar-refractivity contribution in [3.63, 3.8) is 0 Å². The summed E-state index contributed by atoms with van der Waals surface area (Å²) in [5.41, 5.74) is 11.1. The molecule has 0 spiro atoms. The standard InChI is InChI=1S/C60H44N2O2/c1-63-49-33-27-45(28-34-49)61(57-25-13-21-41-15-9-11-23-51(41)57)47-31-37-53-55(39-47)59(43-17-5-3-6-18-43)54-38-32-48(40-56(54)60(53)44-19-7-4-8-20-44)62(46-29-35-50(64-2)36-30-46)58-26-14-22-42-16-10-12-24-52(42)58/h3-40H,1-2H3. The lowest BCUT2D eigenvalue weighted by Crippen LogP contribution is -2.11. The molecule has 11 rings (SSSR count). The molecule has 0 aromatic heterocycles. The van der Waals surface area contributed by atoms with E-state index in [4.69, 9.17) is 9.47 Å². The number of nitrogens with zero attached hydrogens (tertiary/aromatic N) is 2. The Morgan fingerprint density at radius 2 is 0.641 bits per heavy atom. The van der Waals surface area contributed by atoms with Gasteiger partial charge in [-0.1, -0.05) is 146 Å². The normalized spacial score (nSPS) is 11.3. The predicted octanol–water partition coefficient (Wildman–Crippen LogP) is 16.6. The lowest BCUT2D eigenvalue weighted by atomic mass is 9.85. The number of ether oxygens (including phenoxy) is 2. The molecule has 64 heavy (non-hydrogen) atoms. The van der Waals surface area contributed by atoms with Gasteiger partial charge in [-0.05, 0) is 140 Å². The molecule has 0 aliphatic heterocycles. The van der Waals surface area contributed by atoms with Crippen LogP contribution in [0.4, 0.5) is 34.1 Å². The summed E-state index contributed by atoms with van der Waals surface area (Å²) in [5.74, 6) is 1.63.